The number of hydrogen-bond donors (Lipinski definition) is 0. The van der Waals surface area contributed by atoms with Gasteiger partial charge in [-0.3, -0.25) is 9.78 Å². The predicted octanol–water partition coefficient (Wildman–Crippen LogP) is 7.69. The number of hydrogen-bond acceptors (Lipinski definition) is 3. The molecule has 2 aliphatic rings. The second-order valence-corrected chi connectivity index (χ2v) is 14.6. The molecule has 30 heavy (non-hydrogen) atoms. The molecule has 0 aliphatic heterocycles. The number of aromatic nitrogens is 1. The van der Waals surface area contributed by atoms with Gasteiger partial charge in [0.15, 0.2) is 6.29 Å². The van der Waals surface area contributed by atoms with E-state index < -0.39 is 10.3 Å². The highest BCUT2D eigenvalue weighted by Crippen LogP contribution is 2.61. The van der Waals surface area contributed by atoms with Crippen molar-refractivity contribution in [3.8, 4) is 0 Å². The summed E-state index contributed by atoms with van der Waals surface area (Å²) in [5.74, 6) is 0.252. The lowest BCUT2D eigenvalue weighted by Crippen LogP contribution is -2.34. The molecule has 1 aromatic rings. The highest BCUT2D eigenvalue weighted by atomic mass is 32.3. The molecule has 0 aromatic carbocycles. The second kappa shape index (κ2) is 9.32. The van der Waals surface area contributed by atoms with Crippen LogP contribution in [0.4, 0.5) is 0 Å². The van der Waals surface area contributed by atoms with Gasteiger partial charge in [0, 0.05) is 21.6 Å². The van der Waals surface area contributed by atoms with Crippen LogP contribution < -0.4 is 0 Å². The Hall–Kier alpha value is -0.870. The van der Waals surface area contributed by atoms with Crippen LogP contribution in [0.5, 0.6) is 0 Å². The Morgan fingerprint density at radius 2 is 1.73 bits per heavy atom. The normalized spacial score (nSPS) is 21.2. The lowest BCUT2D eigenvalue weighted by Gasteiger charge is -2.49. The quantitative estimate of drug-likeness (QED) is 0.455. The monoisotopic (exact) mass is 435 g/mol. The smallest absolute Gasteiger partial charge is 0.152 e. The molecule has 0 saturated heterocycles. The molecule has 3 rings (SSSR count). The van der Waals surface area contributed by atoms with Gasteiger partial charge in [0.1, 0.15) is 0 Å². The van der Waals surface area contributed by atoms with E-state index in [9.17, 15) is 4.79 Å². The molecule has 1 heterocycles. The molecular weight excluding hydrogens is 390 g/mol. The van der Waals surface area contributed by atoms with Gasteiger partial charge in [-0.2, -0.15) is 0 Å². The van der Waals surface area contributed by atoms with Crippen LogP contribution >= 0.6 is 10.3 Å². The van der Waals surface area contributed by atoms with Crippen LogP contribution in [-0.4, -0.2) is 28.5 Å². The van der Waals surface area contributed by atoms with E-state index in [1.54, 1.807) is 0 Å². The van der Waals surface area contributed by atoms with Crippen molar-refractivity contribution in [1.82, 2.24) is 4.98 Å². The van der Waals surface area contributed by atoms with Crippen molar-refractivity contribution >= 4 is 16.6 Å². The SMILES string of the molecule is CC.Cc1c(C=O)c(C(C)C)nc2c1C(OS(C)(C)C(C)(C)C)CC1(CCCC1)C2. The van der Waals surface area contributed by atoms with Crippen molar-refractivity contribution in [2.75, 3.05) is 12.5 Å². The Morgan fingerprint density at radius 1 is 1.17 bits per heavy atom. The molecule has 0 radical (unpaired) electrons. The van der Waals surface area contributed by atoms with Crippen LogP contribution in [-0.2, 0) is 10.6 Å². The van der Waals surface area contributed by atoms with E-state index in [0.717, 1.165) is 35.9 Å². The van der Waals surface area contributed by atoms with E-state index in [2.05, 4.69) is 54.1 Å². The molecule has 2 aliphatic carbocycles. The third-order valence-electron chi connectivity index (χ3n) is 7.29. The summed E-state index contributed by atoms with van der Waals surface area (Å²) in [6.07, 6.45) is 13.0. The number of rotatable bonds is 4. The minimum Gasteiger partial charge on any atom is -0.329 e. The van der Waals surface area contributed by atoms with Gasteiger partial charge in [-0.05, 0) is 62.0 Å². The third kappa shape index (κ3) is 4.80. The molecule has 172 valence electrons. The molecule has 0 N–H and O–H groups in total. The number of carbonyl (C=O) groups excluding carboxylic acids is 1. The van der Waals surface area contributed by atoms with Gasteiger partial charge in [-0.1, -0.05) is 61.3 Å². The van der Waals surface area contributed by atoms with Gasteiger partial charge in [0.2, 0.25) is 0 Å². The van der Waals surface area contributed by atoms with E-state index in [4.69, 9.17) is 9.17 Å². The number of nitrogens with zero attached hydrogens (tertiary/aromatic N) is 1. The van der Waals surface area contributed by atoms with Crippen LogP contribution in [0.15, 0.2) is 0 Å². The Kier molecular flexibility index (Phi) is 7.89. The summed E-state index contributed by atoms with van der Waals surface area (Å²) in [7, 11) is -1.27. The minimum atomic E-state index is -1.27. The van der Waals surface area contributed by atoms with Crippen LogP contribution in [0.3, 0.4) is 0 Å². The molecule has 1 unspecified atom stereocenters. The summed E-state index contributed by atoms with van der Waals surface area (Å²) in [5, 5.41) is 0. The average molecular weight is 436 g/mol. The topological polar surface area (TPSA) is 39.2 Å². The van der Waals surface area contributed by atoms with Crippen LogP contribution in [0.25, 0.3) is 0 Å². The first-order valence-corrected chi connectivity index (χ1v) is 14.2. The summed E-state index contributed by atoms with van der Waals surface area (Å²) in [6.45, 7) is 17.2. The number of carbonyl (C=O) groups is 1. The Morgan fingerprint density at radius 3 is 2.20 bits per heavy atom. The molecule has 0 bridgehead atoms. The fraction of sp³-hybridized carbons (Fsp3) is 0.769. The van der Waals surface area contributed by atoms with Gasteiger partial charge in [0.05, 0.1) is 11.8 Å². The van der Waals surface area contributed by atoms with Gasteiger partial charge in [0.25, 0.3) is 0 Å². The van der Waals surface area contributed by atoms with E-state index >= 15 is 0 Å². The number of aldehydes is 1. The molecule has 4 heteroatoms. The van der Waals surface area contributed by atoms with Crippen molar-refractivity contribution in [3.63, 3.8) is 0 Å². The van der Waals surface area contributed by atoms with Gasteiger partial charge in [-0.15, -0.1) is 10.3 Å². The fourth-order valence-corrected chi connectivity index (χ4v) is 5.95. The van der Waals surface area contributed by atoms with Gasteiger partial charge < -0.3 is 4.18 Å². The van der Waals surface area contributed by atoms with E-state index in [1.807, 2.05) is 13.8 Å². The maximum Gasteiger partial charge on any atom is 0.152 e. The lowest BCUT2D eigenvalue weighted by atomic mass is 9.69. The van der Waals surface area contributed by atoms with E-state index in [-0.39, 0.29) is 16.8 Å². The van der Waals surface area contributed by atoms with E-state index in [1.165, 1.54) is 36.9 Å². The Bertz CT molecular complexity index is 755. The van der Waals surface area contributed by atoms with Gasteiger partial charge in [-0.25, -0.2) is 0 Å². The van der Waals surface area contributed by atoms with Crippen molar-refractivity contribution < 1.29 is 8.98 Å². The van der Waals surface area contributed by atoms with Crippen LogP contribution in [0, 0.1) is 12.3 Å². The zero-order valence-electron chi connectivity index (χ0n) is 21.1. The zero-order chi connectivity index (χ0) is 22.9. The first kappa shape index (κ1) is 25.4. The highest BCUT2D eigenvalue weighted by molar-refractivity contribution is 8.29. The van der Waals surface area contributed by atoms with Crippen molar-refractivity contribution in [2.24, 2.45) is 5.41 Å². The molecule has 1 spiro atoms. The predicted molar refractivity (Wildman–Crippen MR) is 132 cm³/mol. The summed E-state index contributed by atoms with van der Waals surface area (Å²) < 4.78 is 7.08. The summed E-state index contributed by atoms with van der Waals surface area (Å²) in [6, 6.07) is 0. The summed E-state index contributed by atoms with van der Waals surface area (Å²) in [4.78, 5) is 17.1. The molecular formula is C26H45NO2S. The maximum absolute atomic E-state index is 12.0. The Balaban J connectivity index is 0.00000155. The number of pyridine rings is 1. The third-order valence-corrected chi connectivity index (χ3v) is 11.0. The van der Waals surface area contributed by atoms with Crippen molar-refractivity contribution in [2.45, 2.75) is 111 Å². The lowest BCUT2D eigenvalue weighted by molar-refractivity contribution is 0.110. The first-order valence-electron chi connectivity index (χ1n) is 11.8. The molecule has 1 fully saturated rings. The average Bonchev–Trinajstić information content (AvgIpc) is 3.08. The molecule has 0 amide bonds. The molecule has 1 atom stereocenters. The molecule has 3 nitrogen and oxygen atoms in total. The molecule has 1 saturated carbocycles. The van der Waals surface area contributed by atoms with Crippen molar-refractivity contribution in [1.29, 1.82) is 0 Å². The fourth-order valence-electron chi connectivity index (χ4n) is 4.92. The summed E-state index contributed by atoms with van der Waals surface area (Å²) in [5.41, 5.74) is 5.60. The van der Waals surface area contributed by atoms with Gasteiger partial charge >= 0.3 is 0 Å². The largest absolute Gasteiger partial charge is 0.329 e. The van der Waals surface area contributed by atoms with Crippen LogP contribution in [0.2, 0.25) is 0 Å². The Labute approximate surface area is 187 Å². The molecule has 1 aromatic heterocycles. The van der Waals surface area contributed by atoms with E-state index in [0.29, 0.717) is 5.41 Å². The minimum absolute atomic E-state index is 0.0542. The van der Waals surface area contributed by atoms with Crippen LogP contribution in [0.1, 0.15) is 125 Å². The standard InChI is InChI=1S/C24H39NO2S.C2H6/c1-16(2)22-18(15-26)17(3)21-19(25-22)13-24(11-9-10-12-24)14-20(21)27-28(7,8)23(4,5)6;1-2/h15-16,20H,9-14H2,1-8H3;1-2H3. The summed E-state index contributed by atoms with van der Waals surface area (Å²) >= 11 is 0. The highest BCUT2D eigenvalue weighted by Gasteiger charge is 2.45. The van der Waals surface area contributed by atoms with Crippen molar-refractivity contribution in [3.05, 3.63) is 28.1 Å². The number of fused-ring (bicyclic) bond motifs is 1. The second-order valence-electron chi connectivity index (χ2n) is 10.7. The zero-order valence-corrected chi connectivity index (χ0v) is 22.0. The first-order chi connectivity index (χ1) is 13.9. The maximum atomic E-state index is 12.0.